The fourth-order valence-corrected chi connectivity index (χ4v) is 4.13. The number of ether oxygens (including phenoxy) is 2. The van der Waals surface area contributed by atoms with Gasteiger partial charge in [-0.1, -0.05) is 25.6 Å². The Labute approximate surface area is 189 Å². The van der Waals surface area contributed by atoms with Crippen molar-refractivity contribution in [1.29, 1.82) is 0 Å². The van der Waals surface area contributed by atoms with E-state index in [1.165, 1.54) is 0 Å². The lowest BCUT2D eigenvalue weighted by Crippen LogP contribution is -2.51. The van der Waals surface area contributed by atoms with Crippen molar-refractivity contribution in [2.75, 3.05) is 46.4 Å². The summed E-state index contributed by atoms with van der Waals surface area (Å²) in [5, 5.41) is 0. The predicted octanol–water partition coefficient (Wildman–Crippen LogP) is 2.90. The minimum atomic E-state index is -0.251. The van der Waals surface area contributed by atoms with Gasteiger partial charge < -0.3 is 24.2 Å². The largest absolute Gasteiger partial charge is 0.444 e. The van der Waals surface area contributed by atoms with E-state index in [0.29, 0.717) is 39.4 Å². The number of rotatable bonds is 4. The highest BCUT2D eigenvalue weighted by Crippen LogP contribution is 2.27. The van der Waals surface area contributed by atoms with Gasteiger partial charge in [-0.3, -0.25) is 4.98 Å². The Morgan fingerprint density at radius 3 is 2.84 bits per heavy atom. The standard InChI is InChI=1S/C24H31N5O3/c1-4-19(20-7-6-10-25-21(20)5-2)23-26-22(8-11-27(23)3)28-12-14-29(15-13-28)24(30)32-18-9-16-31-17-18/h4,6-8,10-11,18H,1,5,9,12-17H2,2-3H3/b23-19+. The maximum atomic E-state index is 12.4. The molecule has 0 spiro atoms. The number of pyridine rings is 1. The Balaban J connectivity index is 1.49. The van der Waals surface area contributed by atoms with Crippen molar-refractivity contribution in [1.82, 2.24) is 19.7 Å². The molecule has 1 aromatic rings. The normalized spacial score (nSPS) is 22.6. The van der Waals surface area contributed by atoms with E-state index in [0.717, 1.165) is 41.3 Å². The molecule has 2 saturated heterocycles. The van der Waals surface area contributed by atoms with Crippen LogP contribution in [-0.4, -0.2) is 84.2 Å². The molecule has 3 aliphatic heterocycles. The summed E-state index contributed by atoms with van der Waals surface area (Å²) in [4.78, 5) is 27.9. The molecule has 4 rings (SSSR count). The van der Waals surface area contributed by atoms with Crippen LogP contribution in [0.15, 0.2) is 54.1 Å². The molecule has 32 heavy (non-hydrogen) atoms. The summed E-state index contributed by atoms with van der Waals surface area (Å²) >= 11 is 0. The van der Waals surface area contributed by atoms with Crippen LogP contribution in [-0.2, 0) is 15.9 Å². The van der Waals surface area contributed by atoms with Crippen LogP contribution in [0.3, 0.4) is 0 Å². The summed E-state index contributed by atoms with van der Waals surface area (Å²) < 4.78 is 10.8. The van der Waals surface area contributed by atoms with Crippen LogP contribution >= 0.6 is 0 Å². The molecule has 0 N–H and O–H groups in total. The zero-order chi connectivity index (χ0) is 22.5. The number of amidine groups is 1. The number of hydrogen-bond acceptors (Lipinski definition) is 7. The highest BCUT2D eigenvalue weighted by atomic mass is 16.6. The van der Waals surface area contributed by atoms with E-state index in [2.05, 4.69) is 29.5 Å². The first-order valence-corrected chi connectivity index (χ1v) is 11.2. The predicted molar refractivity (Wildman–Crippen MR) is 124 cm³/mol. The number of nitrogens with zero attached hydrogens (tertiary/aromatic N) is 5. The number of aromatic nitrogens is 1. The molecule has 1 atom stereocenters. The van der Waals surface area contributed by atoms with Crippen molar-refractivity contribution in [3.8, 4) is 0 Å². The second-order valence-corrected chi connectivity index (χ2v) is 8.03. The Bertz CT molecular complexity index is 941. The lowest BCUT2D eigenvalue weighted by Gasteiger charge is -2.37. The van der Waals surface area contributed by atoms with Crippen LogP contribution in [0.25, 0.3) is 5.57 Å². The fourth-order valence-electron chi connectivity index (χ4n) is 4.13. The van der Waals surface area contributed by atoms with Gasteiger partial charge in [0.25, 0.3) is 0 Å². The Morgan fingerprint density at radius 2 is 2.16 bits per heavy atom. The minimum absolute atomic E-state index is 0.118. The zero-order valence-electron chi connectivity index (χ0n) is 18.9. The summed E-state index contributed by atoms with van der Waals surface area (Å²) in [6, 6.07) is 4.01. The molecule has 2 fully saturated rings. The van der Waals surface area contributed by atoms with Crippen molar-refractivity contribution in [3.63, 3.8) is 0 Å². The van der Waals surface area contributed by atoms with Crippen LogP contribution in [0.5, 0.6) is 0 Å². The quantitative estimate of drug-likeness (QED) is 0.721. The highest BCUT2D eigenvalue weighted by Gasteiger charge is 2.28. The molecule has 1 amide bonds. The number of allylic oxidation sites excluding steroid dienone is 2. The second-order valence-electron chi connectivity index (χ2n) is 8.03. The number of hydrogen-bond donors (Lipinski definition) is 0. The third-order valence-corrected chi connectivity index (χ3v) is 5.98. The molecule has 4 heterocycles. The minimum Gasteiger partial charge on any atom is -0.444 e. The van der Waals surface area contributed by atoms with E-state index >= 15 is 0 Å². The van der Waals surface area contributed by atoms with E-state index in [-0.39, 0.29) is 12.2 Å². The molecule has 1 unspecified atom stereocenters. The number of carbonyl (C=O) groups excluding carboxylic acids is 1. The van der Waals surface area contributed by atoms with Gasteiger partial charge in [0.2, 0.25) is 0 Å². The van der Waals surface area contributed by atoms with E-state index in [9.17, 15) is 4.79 Å². The number of aryl methyl sites for hydroxylation is 1. The lowest BCUT2D eigenvalue weighted by molar-refractivity contribution is 0.0467. The van der Waals surface area contributed by atoms with Gasteiger partial charge in [-0.25, -0.2) is 9.79 Å². The Morgan fingerprint density at radius 1 is 1.34 bits per heavy atom. The topological polar surface area (TPSA) is 70.5 Å². The molecule has 8 nitrogen and oxygen atoms in total. The van der Waals surface area contributed by atoms with Crippen LogP contribution in [0.4, 0.5) is 4.79 Å². The number of aliphatic imine (C=N–C) groups is 1. The van der Waals surface area contributed by atoms with Crippen LogP contribution in [0.1, 0.15) is 24.6 Å². The third-order valence-electron chi connectivity index (χ3n) is 5.98. The van der Waals surface area contributed by atoms with Gasteiger partial charge in [-0.05, 0) is 18.6 Å². The van der Waals surface area contributed by atoms with Gasteiger partial charge in [0.15, 0.2) is 0 Å². The van der Waals surface area contributed by atoms with E-state index < -0.39 is 0 Å². The maximum Gasteiger partial charge on any atom is 0.410 e. The summed E-state index contributed by atoms with van der Waals surface area (Å²) in [5.41, 5.74) is 3.03. The van der Waals surface area contributed by atoms with Crippen molar-refractivity contribution in [2.45, 2.75) is 25.9 Å². The Kier molecular flexibility index (Phi) is 6.90. The van der Waals surface area contributed by atoms with Crippen LogP contribution in [0, 0.1) is 0 Å². The van der Waals surface area contributed by atoms with E-state index in [1.54, 1.807) is 4.90 Å². The SMILES string of the molecule is C=C/C(=C1/N=C(N2CCN(C(=O)OC3CCOC3)CC2)C=CN1C)c1cccnc1CC. The van der Waals surface area contributed by atoms with E-state index in [1.807, 2.05) is 42.6 Å². The molecule has 0 aliphatic carbocycles. The molecular weight excluding hydrogens is 406 g/mol. The van der Waals surface area contributed by atoms with Gasteiger partial charge in [-0.15, -0.1) is 0 Å². The highest BCUT2D eigenvalue weighted by molar-refractivity contribution is 5.96. The van der Waals surface area contributed by atoms with Crippen molar-refractivity contribution >= 4 is 17.5 Å². The Hall–Kier alpha value is -3.13. The summed E-state index contributed by atoms with van der Waals surface area (Å²) in [5.74, 6) is 1.72. The maximum absolute atomic E-state index is 12.4. The molecule has 3 aliphatic rings. The van der Waals surface area contributed by atoms with E-state index in [4.69, 9.17) is 14.5 Å². The second kappa shape index (κ2) is 9.99. The molecule has 1 aromatic heterocycles. The first kappa shape index (κ1) is 22.1. The van der Waals surface area contributed by atoms with Crippen molar-refractivity contribution < 1.29 is 14.3 Å². The van der Waals surface area contributed by atoms with Gasteiger partial charge >= 0.3 is 6.09 Å². The molecule has 170 valence electrons. The van der Waals surface area contributed by atoms with Crippen molar-refractivity contribution in [3.05, 3.63) is 60.3 Å². The number of amides is 1. The number of piperazine rings is 1. The summed E-state index contributed by atoms with van der Waals surface area (Å²) in [6.45, 7) is 9.91. The number of carbonyl (C=O) groups is 1. The van der Waals surface area contributed by atoms with Gasteiger partial charge in [0.05, 0.1) is 13.2 Å². The molecule has 0 radical (unpaired) electrons. The van der Waals surface area contributed by atoms with Gasteiger partial charge in [0, 0.05) is 68.9 Å². The average Bonchev–Trinajstić information content (AvgIpc) is 3.34. The molecule has 0 bridgehead atoms. The fraction of sp³-hybridized carbons (Fsp3) is 0.458. The average molecular weight is 438 g/mol. The molecule has 0 saturated carbocycles. The van der Waals surface area contributed by atoms with Gasteiger partial charge in [-0.2, -0.15) is 0 Å². The summed E-state index contributed by atoms with van der Waals surface area (Å²) in [7, 11) is 1.98. The summed E-state index contributed by atoms with van der Waals surface area (Å²) in [6.07, 6.45) is 8.94. The lowest BCUT2D eigenvalue weighted by atomic mass is 10.0. The van der Waals surface area contributed by atoms with Crippen LogP contribution in [0.2, 0.25) is 0 Å². The smallest absolute Gasteiger partial charge is 0.410 e. The third kappa shape index (κ3) is 4.70. The monoisotopic (exact) mass is 437 g/mol. The first-order chi connectivity index (χ1) is 15.6. The van der Waals surface area contributed by atoms with Crippen LogP contribution < -0.4 is 0 Å². The molecular formula is C24H31N5O3. The van der Waals surface area contributed by atoms with Crippen molar-refractivity contribution in [2.24, 2.45) is 4.99 Å². The zero-order valence-corrected chi connectivity index (χ0v) is 18.9. The molecule has 8 heteroatoms. The molecule has 0 aromatic carbocycles. The van der Waals surface area contributed by atoms with Gasteiger partial charge in [0.1, 0.15) is 17.8 Å². The first-order valence-electron chi connectivity index (χ1n) is 11.2.